The van der Waals surface area contributed by atoms with Crippen LogP contribution in [0.4, 0.5) is 0 Å². The third-order valence-electron chi connectivity index (χ3n) is 2.32. The van der Waals surface area contributed by atoms with Crippen LogP contribution in [-0.4, -0.2) is 33.9 Å². The van der Waals surface area contributed by atoms with Crippen molar-refractivity contribution in [3.05, 3.63) is 29.3 Å². The van der Waals surface area contributed by atoms with E-state index in [1.807, 2.05) is 0 Å². The number of rotatable bonds is 5. The minimum Gasteiger partial charge on any atom is -0.496 e. The van der Waals surface area contributed by atoms with Crippen molar-refractivity contribution in [3.63, 3.8) is 0 Å². The van der Waals surface area contributed by atoms with Gasteiger partial charge in [-0.1, -0.05) is 22.0 Å². The van der Waals surface area contributed by atoms with Crippen molar-refractivity contribution in [1.29, 1.82) is 0 Å². The molecular formula is C11H15BrO4. The van der Waals surface area contributed by atoms with Crippen LogP contribution in [0, 0.1) is 0 Å². The lowest BCUT2D eigenvalue weighted by molar-refractivity contribution is 0.0326. The molecule has 0 aliphatic carbocycles. The Morgan fingerprint density at radius 2 is 2.06 bits per heavy atom. The monoisotopic (exact) mass is 290 g/mol. The van der Waals surface area contributed by atoms with Crippen LogP contribution in [0.3, 0.4) is 0 Å². The number of alkyl halides is 1. The number of hydrogen-bond donors (Lipinski definition) is 3. The molecule has 0 amide bonds. The maximum Gasteiger partial charge on any atom is 0.124 e. The highest BCUT2D eigenvalue weighted by atomic mass is 79.9. The second kappa shape index (κ2) is 6.20. The summed E-state index contributed by atoms with van der Waals surface area (Å²) in [7, 11) is 1.49. The van der Waals surface area contributed by atoms with Crippen LogP contribution in [-0.2, 0) is 6.61 Å². The molecule has 5 heteroatoms. The lowest BCUT2D eigenvalue weighted by Gasteiger charge is -2.19. The maximum absolute atomic E-state index is 9.88. The van der Waals surface area contributed by atoms with Gasteiger partial charge in [0, 0.05) is 10.9 Å². The first-order valence-corrected chi connectivity index (χ1v) is 5.96. The summed E-state index contributed by atoms with van der Waals surface area (Å²) in [6.07, 6.45) is -1.95. The van der Waals surface area contributed by atoms with Crippen LogP contribution in [0.2, 0.25) is 0 Å². The summed E-state index contributed by atoms with van der Waals surface area (Å²) in [5, 5.41) is 28.7. The van der Waals surface area contributed by atoms with E-state index in [0.29, 0.717) is 16.9 Å². The first-order valence-electron chi connectivity index (χ1n) is 4.83. The summed E-state index contributed by atoms with van der Waals surface area (Å²) < 4.78 is 5.09. The van der Waals surface area contributed by atoms with Gasteiger partial charge in [-0.15, -0.1) is 0 Å². The van der Waals surface area contributed by atoms with Gasteiger partial charge in [-0.05, 0) is 17.7 Å². The van der Waals surface area contributed by atoms with Gasteiger partial charge in [0.2, 0.25) is 0 Å². The number of aliphatic hydroxyl groups is 3. The number of ether oxygens (including phenoxy) is 1. The van der Waals surface area contributed by atoms with E-state index in [2.05, 4.69) is 15.9 Å². The van der Waals surface area contributed by atoms with Crippen LogP contribution in [0.1, 0.15) is 17.2 Å². The standard InChI is InChI=1S/C11H15BrO4/c1-16-10-3-2-7(6-13)4-8(10)11(15)9(14)5-12/h2-4,9,11,13-15H,5-6H2,1H3. The molecule has 3 N–H and O–H groups in total. The molecule has 1 aromatic carbocycles. The van der Waals surface area contributed by atoms with Crippen molar-refractivity contribution >= 4 is 15.9 Å². The zero-order valence-corrected chi connectivity index (χ0v) is 10.5. The average Bonchev–Trinajstić information content (AvgIpc) is 2.35. The summed E-state index contributed by atoms with van der Waals surface area (Å²) in [5.74, 6) is 0.490. The number of benzene rings is 1. The molecule has 1 aromatic rings. The van der Waals surface area contributed by atoms with Gasteiger partial charge < -0.3 is 20.1 Å². The molecule has 0 radical (unpaired) electrons. The highest BCUT2D eigenvalue weighted by Crippen LogP contribution is 2.29. The summed E-state index contributed by atoms with van der Waals surface area (Å²) in [6, 6.07) is 4.98. The van der Waals surface area contributed by atoms with Gasteiger partial charge in [0.1, 0.15) is 11.9 Å². The smallest absolute Gasteiger partial charge is 0.124 e. The van der Waals surface area contributed by atoms with Gasteiger partial charge >= 0.3 is 0 Å². The van der Waals surface area contributed by atoms with E-state index in [4.69, 9.17) is 9.84 Å². The van der Waals surface area contributed by atoms with E-state index < -0.39 is 12.2 Å². The predicted molar refractivity (Wildman–Crippen MR) is 63.7 cm³/mol. The average molecular weight is 291 g/mol. The van der Waals surface area contributed by atoms with Crippen LogP contribution in [0.15, 0.2) is 18.2 Å². The Balaban J connectivity index is 3.07. The van der Waals surface area contributed by atoms with Gasteiger partial charge in [-0.3, -0.25) is 0 Å². The van der Waals surface area contributed by atoms with Crippen LogP contribution >= 0.6 is 15.9 Å². The number of aliphatic hydroxyl groups excluding tert-OH is 3. The molecule has 0 heterocycles. The lowest BCUT2D eigenvalue weighted by atomic mass is 10.0. The Hall–Kier alpha value is -0.620. The molecule has 0 saturated heterocycles. The van der Waals surface area contributed by atoms with Gasteiger partial charge in [0.15, 0.2) is 0 Å². The topological polar surface area (TPSA) is 69.9 Å². The third kappa shape index (κ3) is 2.95. The Labute approximate surface area is 103 Å². The fourth-order valence-corrected chi connectivity index (χ4v) is 1.76. The summed E-state index contributed by atoms with van der Waals surface area (Å²) >= 11 is 3.09. The predicted octanol–water partition coefficient (Wildman–Crippen LogP) is 0.977. The molecule has 0 bridgehead atoms. The summed E-state index contributed by atoms with van der Waals surface area (Å²) in [4.78, 5) is 0. The Bertz CT molecular complexity index is 343. The van der Waals surface area contributed by atoms with E-state index in [1.54, 1.807) is 18.2 Å². The largest absolute Gasteiger partial charge is 0.496 e. The van der Waals surface area contributed by atoms with Crippen LogP contribution in [0.25, 0.3) is 0 Å². The van der Waals surface area contributed by atoms with E-state index in [-0.39, 0.29) is 11.9 Å². The normalized spacial score (nSPS) is 14.6. The van der Waals surface area contributed by atoms with E-state index >= 15 is 0 Å². The highest BCUT2D eigenvalue weighted by molar-refractivity contribution is 9.09. The molecule has 0 aliphatic heterocycles. The second-order valence-electron chi connectivity index (χ2n) is 3.40. The zero-order chi connectivity index (χ0) is 12.1. The molecule has 90 valence electrons. The zero-order valence-electron chi connectivity index (χ0n) is 8.93. The maximum atomic E-state index is 9.88. The first-order chi connectivity index (χ1) is 7.63. The minimum atomic E-state index is -1.04. The molecule has 16 heavy (non-hydrogen) atoms. The quantitative estimate of drug-likeness (QED) is 0.707. The van der Waals surface area contributed by atoms with Crippen LogP contribution in [0.5, 0.6) is 5.75 Å². The van der Waals surface area contributed by atoms with Crippen molar-refractivity contribution in [3.8, 4) is 5.75 Å². The molecule has 0 spiro atoms. The first kappa shape index (κ1) is 13.4. The molecule has 0 saturated carbocycles. The highest BCUT2D eigenvalue weighted by Gasteiger charge is 2.21. The fourth-order valence-electron chi connectivity index (χ4n) is 1.40. The molecule has 2 atom stereocenters. The minimum absolute atomic E-state index is 0.117. The number of hydrogen-bond acceptors (Lipinski definition) is 4. The van der Waals surface area contributed by atoms with Gasteiger partial charge in [0.25, 0.3) is 0 Å². The Kier molecular flexibility index (Phi) is 5.21. The molecule has 4 nitrogen and oxygen atoms in total. The molecular weight excluding hydrogens is 276 g/mol. The molecule has 1 rings (SSSR count). The fraction of sp³-hybridized carbons (Fsp3) is 0.455. The van der Waals surface area contributed by atoms with Crippen molar-refractivity contribution in [2.75, 3.05) is 12.4 Å². The van der Waals surface area contributed by atoms with E-state index in [0.717, 1.165) is 0 Å². The molecule has 0 aromatic heterocycles. The SMILES string of the molecule is COc1ccc(CO)cc1C(O)C(O)CBr. The molecule has 0 aliphatic rings. The molecule has 0 fully saturated rings. The molecule has 2 unspecified atom stereocenters. The van der Waals surface area contributed by atoms with E-state index in [1.165, 1.54) is 7.11 Å². The van der Waals surface area contributed by atoms with Gasteiger partial charge in [0.05, 0.1) is 19.8 Å². The summed E-state index contributed by atoms with van der Waals surface area (Å²) in [5.41, 5.74) is 1.14. The Morgan fingerprint density at radius 3 is 2.56 bits per heavy atom. The van der Waals surface area contributed by atoms with Crippen LogP contribution < -0.4 is 4.74 Å². The van der Waals surface area contributed by atoms with Crippen molar-refractivity contribution in [2.45, 2.75) is 18.8 Å². The number of halogens is 1. The van der Waals surface area contributed by atoms with E-state index in [9.17, 15) is 10.2 Å². The van der Waals surface area contributed by atoms with Gasteiger partial charge in [-0.25, -0.2) is 0 Å². The third-order valence-corrected chi connectivity index (χ3v) is 2.98. The summed E-state index contributed by atoms with van der Waals surface area (Å²) in [6.45, 7) is -0.117. The van der Waals surface area contributed by atoms with Crippen molar-refractivity contribution in [2.24, 2.45) is 0 Å². The lowest BCUT2D eigenvalue weighted by Crippen LogP contribution is -2.20. The van der Waals surface area contributed by atoms with Crippen molar-refractivity contribution < 1.29 is 20.1 Å². The van der Waals surface area contributed by atoms with Gasteiger partial charge in [-0.2, -0.15) is 0 Å². The second-order valence-corrected chi connectivity index (χ2v) is 4.05. The number of methoxy groups -OCH3 is 1. The van der Waals surface area contributed by atoms with Crippen molar-refractivity contribution in [1.82, 2.24) is 0 Å². The Morgan fingerprint density at radius 1 is 1.38 bits per heavy atom.